The first kappa shape index (κ1) is 26.9. The van der Waals surface area contributed by atoms with Gasteiger partial charge in [0, 0.05) is 44.5 Å². The second-order valence-corrected chi connectivity index (χ2v) is 9.57. The summed E-state index contributed by atoms with van der Waals surface area (Å²) in [5.41, 5.74) is 4.39. The minimum absolute atomic E-state index is 0.00866. The molecule has 0 fully saturated rings. The predicted octanol–water partition coefficient (Wildman–Crippen LogP) is 6.21. The number of halogens is 1. The van der Waals surface area contributed by atoms with Crippen LogP contribution in [-0.2, 0) is 22.7 Å². The molecular formula is C30H36FN3O2. The highest BCUT2D eigenvalue weighted by atomic mass is 19.1. The summed E-state index contributed by atoms with van der Waals surface area (Å²) < 4.78 is 13.6. The lowest BCUT2D eigenvalue weighted by atomic mass is 9.94. The fraction of sp³-hybridized carbons (Fsp3) is 0.333. The molecule has 3 rings (SSSR count). The third kappa shape index (κ3) is 6.94. The van der Waals surface area contributed by atoms with Crippen molar-refractivity contribution in [1.29, 1.82) is 0 Å². The smallest absolute Gasteiger partial charge is 0.230 e. The van der Waals surface area contributed by atoms with Crippen molar-refractivity contribution in [2.24, 2.45) is 5.92 Å². The normalized spacial score (nSPS) is 11.8. The molecule has 6 heteroatoms. The third-order valence-corrected chi connectivity index (χ3v) is 6.22. The summed E-state index contributed by atoms with van der Waals surface area (Å²) in [4.78, 5) is 30.1. The van der Waals surface area contributed by atoms with E-state index in [0.29, 0.717) is 25.2 Å². The van der Waals surface area contributed by atoms with Crippen molar-refractivity contribution in [2.45, 2.75) is 46.2 Å². The number of carbonyl (C=O) groups is 2. The van der Waals surface area contributed by atoms with Gasteiger partial charge in [0.25, 0.3) is 0 Å². The van der Waals surface area contributed by atoms with Crippen molar-refractivity contribution < 1.29 is 14.0 Å². The van der Waals surface area contributed by atoms with E-state index in [0.717, 1.165) is 22.4 Å². The second kappa shape index (κ2) is 12.3. The first-order chi connectivity index (χ1) is 17.2. The Hall–Kier alpha value is -3.67. The van der Waals surface area contributed by atoms with Crippen molar-refractivity contribution in [2.75, 3.05) is 24.3 Å². The summed E-state index contributed by atoms with van der Waals surface area (Å²) in [6, 6.07) is 21.8. The third-order valence-electron chi connectivity index (χ3n) is 6.22. The van der Waals surface area contributed by atoms with Crippen molar-refractivity contribution in [1.82, 2.24) is 4.90 Å². The Morgan fingerprint density at radius 2 is 1.58 bits per heavy atom. The molecule has 1 N–H and O–H groups in total. The van der Waals surface area contributed by atoms with E-state index in [4.69, 9.17) is 0 Å². The largest absolute Gasteiger partial charge is 0.377 e. The van der Waals surface area contributed by atoms with Crippen LogP contribution in [0.25, 0.3) is 0 Å². The van der Waals surface area contributed by atoms with Crippen molar-refractivity contribution >= 4 is 23.2 Å². The van der Waals surface area contributed by atoms with E-state index in [1.807, 2.05) is 93.2 Å². The van der Waals surface area contributed by atoms with E-state index in [-0.39, 0.29) is 29.5 Å². The van der Waals surface area contributed by atoms with Gasteiger partial charge in [0.05, 0.1) is 5.92 Å². The molecule has 0 aromatic heterocycles. The average molecular weight is 490 g/mol. The summed E-state index contributed by atoms with van der Waals surface area (Å²) in [6.07, 6.45) is 0.661. The standard InChI is InChI=1S/C30H36FN3O2/c1-6-27(23-10-8-7-9-11-23)30(36)34(19-22-12-14-25(31)15-13-22)20-24-18-26(32-29(35)21(2)3)16-17-28(24)33(4)5/h7-18,21,27H,6,19-20H2,1-5H3,(H,32,35)/t27-/m0/s1. The SMILES string of the molecule is CC[C@H](C(=O)N(Cc1ccc(F)cc1)Cc1cc(NC(=O)C(C)C)ccc1N(C)C)c1ccccc1. The van der Waals surface area contributed by atoms with E-state index in [1.165, 1.54) is 12.1 Å². The van der Waals surface area contributed by atoms with E-state index in [1.54, 1.807) is 12.1 Å². The van der Waals surface area contributed by atoms with Gasteiger partial charge >= 0.3 is 0 Å². The van der Waals surface area contributed by atoms with Crippen LogP contribution in [-0.4, -0.2) is 30.8 Å². The van der Waals surface area contributed by atoms with E-state index in [9.17, 15) is 14.0 Å². The van der Waals surface area contributed by atoms with Crippen LogP contribution in [0.2, 0.25) is 0 Å². The zero-order valence-electron chi connectivity index (χ0n) is 21.8. The molecule has 0 saturated heterocycles. The molecule has 3 aromatic rings. The molecule has 1 atom stereocenters. The van der Waals surface area contributed by atoms with Gasteiger partial charge in [-0.05, 0) is 53.4 Å². The molecule has 0 spiro atoms. The topological polar surface area (TPSA) is 52.7 Å². The molecule has 0 saturated carbocycles. The Labute approximate surface area is 213 Å². The zero-order chi connectivity index (χ0) is 26.2. The van der Waals surface area contributed by atoms with Crippen LogP contribution >= 0.6 is 0 Å². The number of amides is 2. The number of carbonyl (C=O) groups excluding carboxylic acids is 2. The van der Waals surface area contributed by atoms with E-state index < -0.39 is 0 Å². The molecular weight excluding hydrogens is 453 g/mol. The van der Waals surface area contributed by atoms with Gasteiger partial charge in [0.2, 0.25) is 11.8 Å². The van der Waals surface area contributed by atoms with Crippen LogP contribution < -0.4 is 10.2 Å². The summed E-state index contributed by atoms with van der Waals surface area (Å²) in [7, 11) is 3.91. The number of benzene rings is 3. The van der Waals surface area contributed by atoms with Gasteiger partial charge in [-0.25, -0.2) is 4.39 Å². The summed E-state index contributed by atoms with van der Waals surface area (Å²) in [5, 5.41) is 2.96. The average Bonchev–Trinajstić information content (AvgIpc) is 2.86. The van der Waals surface area contributed by atoms with Gasteiger partial charge in [-0.15, -0.1) is 0 Å². The lowest BCUT2D eigenvalue weighted by Gasteiger charge is -2.29. The maximum absolute atomic E-state index is 14.0. The second-order valence-electron chi connectivity index (χ2n) is 9.57. The van der Waals surface area contributed by atoms with Crippen LogP contribution in [0.5, 0.6) is 0 Å². The molecule has 36 heavy (non-hydrogen) atoms. The Morgan fingerprint density at radius 3 is 2.17 bits per heavy atom. The summed E-state index contributed by atoms with van der Waals surface area (Å²) in [5.74, 6) is -0.800. The Kier molecular flexibility index (Phi) is 9.23. The van der Waals surface area contributed by atoms with Crippen LogP contribution in [0.4, 0.5) is 15.8 Å². The monoisotopic (exact) mass is 489 g/mol. The Bertz CT molecular complexity index is 1160. The molecule has 2 amide bonds. The number of anilines is 2. The van der Waals surface area contributed by atoms with Gasteiger partial charge in [0.15, 0.2) is 0 Å². The van der Waals surface area contributed by atoms with Crippen LogP contribution in [0.15, 0.2) is 72.8 Å². The molecule has 0 radical (unpaired) electrons. The molecule has 0 unspecified atom stereocenters. The number of nitrogens with zero attached hydrogens (tertiary/aromatic N) is 2. The zero-order valence-corrected chi connectivity index (χ0v) is 21.8. The Morgan fingerprint density at radius 1 is 0.917 bits per heavy atom. The first-order valence-electron chi connectivity index (χ1n) is 12.4. The first-order valence-corrected chi connectivity index (χ1v) is 12.4. The van der Waals surface area contributed by atoms with Crippen LogP contribution in [0.3, 0.4) is 0 Å². The number of rotatable bonds is 10. The lowest BCUT2D eigenvalue weighted by Crippen LogP contribution is -2.34. The predicted molar refractivity (Wildman–Crippen MR) is 144 cm³/mol. The fourth-order valence-electron chi connectivity index (χ4n) is 4.20. The van der Waals surface area contributed by atoms with E-state index >= 15 is 0 Å². The van der Waals surface area contributed by atoms with Crippen LogP contribution in [0.1, 0.15) is 49.8 Å². The van der Waals surface area contributed by atoms with E-state index in [2.05, 4.69) is 5.32 Å². The van der Waals surface area contributed by atoms with Gasteiger partial charge in [-0.3, -0.25) is 9.59 Å². The lowest BCUT2D eigenvalue weighted by molar-refractivity contribution is -0.134. The molecule has 5 nitrogen and oxygen atoms in total. The fourth-order valence-corrected chi connectivity index (χ4v) is 4.20. The quantitative estimate of drug-likeness (QED) is 0.368. The molecule has 0 aliphatic carbocycles. The maximum Gasteiger partial charge on any atom is 0.230 e. The van der Waals surface area contributed by atoms with Gasteiger partial charge < -0.3 is 15.1 Å². The number of nitrogens with one attached hydrogen (secondary N) is 1. The van der Waals surface area contributed by atoms with Gasteiger partial charge in [-0.2, -0.15) is 0 Å². The van der Waals surface area contributed by atoms with Gasteiger partial charge in [0.1, 0.15) is 5.82 Å². The molecule has 0 aliphatic heterocycles. The highest BCUT2D eigenvalue weighted by Gasteiger charge is 2.26. The van der Waals surface area contributed by atoms with Crippen molar-refractivity contribution in [3.05, 3.63) is 95.3 Å². The number of hydrogen-bond acceptors (Lipinski definition) is 3. The molecule has 190 valence electrons. The highest BCUT2D eigenvalue weighted by Crippen LogP contribution is 2.29. The molecule has 0 heterocycles. The number of hydrogen-bond donors (Lipinski definition) is 1. The van der Waals surface area contributed by atoms with Crippen LogP contribution in [0, 0.1) is 11.7 Å². The molecule has 0 bridgehead atoms. The van der Waals surface area contributed by atoms with Crippen molar-refractivity contribution in [3.8, 4) is 0 Å². The minimum Gasteiger partial charge on any atom is -0.377 e. The molecule has 0 aliphatic rings. The minimum atomic E-state index is -0.309. The molecule has 3 aromatic carbocycles. The summed E-state index contributed by atoms with van der Waals surface area (Å²) >= 11 is 0. The highest BCUT2D eigenvalue weighted by molar-refractivity contribution is 5.92. The van der Waals surface area contributed by atoms with Crippen molar-refractivity contribution in [3.63, 3.8) is 0 Å². The van der Waals surface area contributed by atoms with Gasteiger partial charge in [-0.1, -0.05) is 63.2 Å². The Balaban J connectivity index is 2.00. The maximum atomic E-state index is 14.0. The summed E-state index contributed by atoms with van der Waals surface area (Å²) in [6.45, 7) is 6.40.